The lowest BCUT2D eigenvalue weighted by atomic mass is 9.87. The van der Waals surface area contributed by atoms with Crippen LogP contribution in [0.2, 0.25) is 0 Å². The number of aryl methyl sites for hydroxylation is 1. The number of aromatic hydroxyl groups is 1. The molecule has 4 aromatic rings. The van der Waals surface area contributed by atoms with E-state index in [-0.39, 0.29) is 20.2 Å². The number of thiazole rings is 1. The number of hydrogen-bond acceptors (Lipinski definition) is 5. The van der Waals surface area contributed by atoms with Crippen molar-refractivity contribution in [2.75, 3.05) is 26.3 Å². The molecule has 0 spiro atoms. The molecule has 1 aliphatic heterocycles. The predicted molar refractivity (Wildman–Crippen MR) is 156 cm³/mol. The number of allylic oxidation sites excluding steroid dienone is 1. The monoisotopic (exact) mass is 530 g/mol. The van der Waals surface area contributed by atoms with Gasteiger partial charge in [-0.05, 0) is 102 Å². The average Bonchev–Trinajstić information content (AvgIpc) is 3.53. The molecule has 0 bridgehead atoms. The fourth-order valence-corrected chi connectivity index (χ4v) is 6.37. The van der Waals surface area contributed by atoms with Gasteiger partial charge in [-0.15, -0.1) is 11.3 Å². The number of halogens is 1. The van der Waals surface area contributed by atoms with Gasteiger partial charge in [0.15, 0.2) is 0 Å². The third-order valence-electron chi connectivity index (χ3n) is 7.49. The van der Waals surface area contributed by atoms with E-state index in [1.807, 2.05) is 11.6 Å². The number of phenolic OH excluding ortho intramolecular Hbond substituents is 1. The number of hydrogen-bond donors (Lipinski definition) is 1. The SMILES string of the molecule is C.Oc1ccc2c(c1)CCCC(c1ccc3scnc3c1)=C2c1ccc(O[C@H]2CCN(CCCF)C2)cc1. The first-order valence-electron chi connectivity index (χ1n) is 13.1. The molecule has 0 saturated carbocycles. The summed E-state index contributed by atoms with van der Waals surface area (Å²) in [5.74, 6) is 1.18. The van der Waals surface area contributed by atoms with Crippen LogP contribution in [-0.4, -0.2) is 47.4 Å². The molecule has 3 aromatic carbocycles. The Morgan fingerprint density at radius 2 is 1.87 bits per heavy atom. The molecule has 2 aliphatic rings. The molecule has 38 heavy (non-hydrogen) atoms. The Bertz CT molecular complexity index is 1430. The van der Waals surface area contributed by atoms with Gasteiger partial charge in [0.25, 0.3) is 0 Å². The molecule has 1 N–H and O–H groups in total. The van der Waals surface area contributed by atoms with Gasteiger partial charge in [-0.3, -0.25) is 9.29 Å². The first-order valence-corrected chi connectivity index (χ1v) is 14.0. The van der Waals surface area contributed by atoms with Crippen molar-refractivity contribution in [3.8, 4) is 11.5 Å². The number of phenols is 1. The van der Waals surface area contributed by atoms with Crippen LogP contribution in [0, 0.1) is 0 Å². The summed E-state index contributed by atoms with van der Waals surface area (Å²) in [5, 5.41) is 10.2. The number of likely N-dealkylation sites (tertiary alicyclic amines) is 1. The summed E-state index contributed by atoms with van der Waals surface area (Å²) in [7, 11) is 0. The maximum atomic E-state index is 12.5. The highest BCUT2D eigenvalue weighted by Gasteiger charge is 2.24. The van der Waals surface area contributed by atoms with E-state index < -0.39 is 0 Å². The molecule has 0 radical (unpaired) electrons. The normalized spacial score (nSPS) is 17.8. The number of alkyl halides is 1. The highest BCUT2D eigenvalue weighted by Crippen LogP contribution is 2.41. The zero-order chi connectivity index (χ0) is 25.2. The highest BCUT2D eigenvalue weighted by atomic mass is 32.1. The fraction of sp³-hybridized carbons (Fsp3) is 0.344. The molecule has 6 rings (SSSR count). The average molecular weight is 531 g/mol. The largest absolute Gasteiger partial charge is 0.508 e. The number of nitrogens with zero attached hydrogens (tertiary/aromatic N) is 2. The second kappa shape index (κ2) is 11.7. The van der Waals surface area contributed by atoms with Gasteiger partial charge in [0, 0.05) is 19.6 Å². The molecule has 1 fully saturated rings. The first-order chi connectivity index (χ1) is 18.2. The van der Waals surface area contributed by atoms with Gasteiger partial charge in [-0.1, -0.05) is 31.7 Å². The Kier molecular flexibility index (Phi) is 8.10. The summed E-state index contributed by atoms with van der Waals surface area (Å²) in [6, 6.07) is 20.8. The number of aromatic nitrogens is 1. The van der Waals surface area contributed by atoms with Crippen LogP contribution in [-0.2, 0) is 6.42 Å². The van der Waals surface area contributed by atoms with Crippen molar-refractivity contribution in [1.82, 2.24) is 9.88 Å². The molecule has 1 saturated heterocycles. The third-order valence-corrected chi connectivity index (χ3v) is 8.30. The maximum absolute atomic E-state index is 12.5. The zero-order valence-corrected chi connectivity index (χ0v) is 21.6. The zero-order valence-electron chi connectivity index (χ0n) is 20.8. The molecule has 1 aromatic heterocycles. The van der Waals surface area contributed by atoms with Crippen molar-refractivity contribution < 1.29 is 14.2 Å². The predicted octanol–water partition coefficient (Wildman–Crippen LogP) is 7.75. The van der Waals surface area contributed by atoms with Gasteiger partial charge in [-0.2, -0.15) is 0 Å². The van der Waals surface area contributed by atoms with Gasteiger partial charge in [0.2, 0.25) is 0 Å². The Hall–Kier alpha value is -3.22. The van der Waals surface area contributed by atoms with Crippen molar-refractivity contribution in [1.29, 1.82) is 0 Å². The van der Waals surface area contributed by atoms with Gasteiger partial charge < -0.3 is 9.84 Å². The summed E-state index contributed by atoms with van der Waals surface area (Å²) in [5.41, 5.74) is 10.2. The van der Waals surface area contributed by atoms with Gasteiger partial charge in [0.1, 0.15) is 17.6 Å². The molecule has 6 heteroatoms. The van der Waals surface area contributed by atoms with Crippen molar-refractivity contribution in [3.05, 3.63) is 88.4 Å². The quantitative estimate of drug-likeness (QED) is 0.265. The molecule has 1 aliphatic carbocycles. The Labute approximate surface area is 228 Å². The van der Waals surface area contributed by atoms with Crippen LogP contribution >= 0.6 is 11.3 Å². The molecule has 2 heterocycles. The third kappa shape index (κ3) is 5.47. The summed E-state index contributed by atoms with van der Waals surface area (Å²) >= 11 is 1.66. The number of rotatable bonds is 7. The van der Waals surface area contributed by atoms with Crippen LogP contribution in [0.3, 0.4) is 0 Å². The minimum absolute atomic E-state index is 0. The van der Waals surface area contributed by atoms with Crippen LogP contribution in [0.25, 0.3) is 21.4 Å². The topological polar surface area (TPSA) is 45.6 Å². The Morgan fingerprint density at radius 3 is 2.71 bits per heavy atom. The summed E-state index contributed by atoms with van der Waals surface area (Å²) in [6.45, 7) is 2.36. The van der Waals surface area contributed by atoms with E-state index in [9.17, 15) is 9.50 Å². The molecule has 198 valence electrons. The Balaban J connectivity index is 0.00000294. The van der Waals surface area contributed by atoms with Crippen molar-refractivity contribution in [2.24, 2.45) is 0 Å². The van der Waals surface area contributed by atoms with E-state index >= 15 is 0 Å². The minimum atomic E-state index is -0.262. The molecular weight excluding hydrogens is 495 g/mol. The lowest BCUT2D eigenvalue weighted by molar-refractivity contribution is 0.198. The van der Waals surface area contributed by atoms with E-state index in [1.165, 1.54) is 32.5 Å². The first kappa shape index (κ1) is 26.4. The van der Waals surface area contributed by atoms with E-state index in [1.54, 1.807) is 17.4 Å². The molecule has 4 nitrogen and oxygen atoms in total. The molecule has 1 atom stereocenters. The van der Waals surface area contributed by atoms with Crippen LogP contribution in [0.1, 0.15) is 55.4 Å². The number of benzene rings is 3. The lowest BCUT2D eigenvalue weighted by Crippen LogP contribution is -2.26. The molecule has 0 amide bonds. The molecule has 0 unspecified atom stereocenters. The van der Waals surface area contributed by atoms with Crippen molar-refractivity contribution in [2.45, 2.75) is 45.6 Å². The summed E-state index contributed by atoms with van der Waals surface area (Å²) in [4.78, 5) is 6.84. The van der Waals surface area contributed by atoms with Crippen molar-refractivity contribution >= 4 is 32.7 Å². The van der Waals surface area contributed by atoms with E-state index in [2.05, 4.69) is 58.4 Å². The summed E-state index contributed by atoms with van der Waals surface area (Å²) in [6.07, 6.45) is 4.61. The standard InChI is InChI=1S/C31H31FN2O2S.CH4/c32-14-2-15-34-16-13-26(19-34)36-25-9-5-21(6-10-25)31-27(23-7-12-30-29(18-23)33-20-37-30)4-1-3-22-17-24(35)8-11-28(22)31;/h5-12,17-18,20,26,35H,1-4,13-16,19H2;1H4/t26-;/m0./s1. The number of ether oxygens (including phenoxy) is 1. The van der Waals surface area contributed by atoms with Crippen LogP contribution in [0.15, 0.2) is 66.2 Å². The van der Waals surface area contributed by atoms with Crippen LogP contribution < -0.4 is 4.74 Å². The number of fused-ring (bicyclic) bond motifs is 2. The summed E-state index contributed by atoms with van der Waals surface area (Å²) < 4.78 is 20.0. The Morgan fingerprint density at radius 1 is 1.03 bits per heavy atom. The maximum Gasteiger partial charge on any atom is 0.119 e. The fourth-order valence-electron chi connectivity index (χ4n) is 5.71. The molecular formula is C32H35FN2O2S. The smallest absolute Gasteiger partial charge is 0.119 e. The van der Waals surface area contributed by atoms with Gasteiger partial charge in [0.05, 0.1) is 22.4 Å². The van der Waals surface area contributed by atoms with E-state index in [0.717, 1.165) is 62.1 Å². The van der Waals surface area contributed by atoms with E-state index in [4.69, 9.17) is 4.74 Å². The highest BCUT2D eigenvalue weighted by molar-refractivity contribution is 7.16. The second-order valence-corrected chi connectivity index (χ2v) is 10.9. The van der Waals surface area contributed by atoms with E-state index in [0.29, 0.717) is 12.2 Å². The van der Waals surface area contributed by atoms with Crippen molar-refractivity contribution in [3.63, 3.8) is 0 Å². The minimum Gasteiger partial charge on any atom is -0.508 e. The van der Waals surface area contributed by atoms with Crippen LogP contribution in [0.4, 0.5) is 4.39 Å². The lowest BCUT2D eigenvalue weighted by Gasteiger charge is -2.18. The van der Waals surface area contributed by atoms with Crippen LogP contribution in [0.5, 0.6) is 11.5 Å². The van der Waals surface area contributed by atoms with Gasteiger partial charge in [-0.25, -0.2) is 4.98 Å². The van der Waals surface area contributed by atoms with Gasteiger partial charge >= 0.3 is 0 Å². The second-order valence-electron chi connectivity index (χ2n) is 9.98.